The summed E-state index contributed by atoms with van der Waals surface area (Å²) < 4.78 is 0. The van der Waals surface area contributed by atoms with Gasteiger partial charge in [-0.05, 0) is 30.5 Å². The third-order valence-electron chi connectivity index (χ3n) is 4.00. The maximum atomic E-state index is 12.5. The zero-order valence-electron chi connectivity index (χ0n) is 11.3. The molecular weight excluding hydrogens is 256 g/mol. The molecule has 1 aliphatic rings. The highest BCUT2D eigenvalue weighted by Crippen LogP contribution is 2.23. The van der Waals surface area contributed by atoms with Gasteiger partial charge in [-0.25, -0.2) is 0 Å². The number of benzene rings is 1. The number of rotatable bonds is 1. The zero-order chi connectivity index (χ0) is 14.3. The van der Waals surface area contributed by atoms with Gasteiger partial charge in [0.2, 0.25) is 0 Å². The van der Waals surface area contributed by atoms with Gasteiger partial charge in [0.1, 0.15) is 0 Å². The van der Waals surface area contributed by atoms with Gasteiger partial charge in [-0.15, -0.1) is 0 Å². The van der Waals surface area contributed by atoms with E-state index in [2.05, 4.69) is 10.2 Å². The number of fused-ring (bicyclic) bond motifs is 1. The number of hydrogen-bond donors (Lipinski definition) is 3. The predicted octanol–water partition coefficient (Wildman–Crippen LogP) is 0.988. The number of H-pyrrole nitrogens is 1. The van der Waals surface area contributed by atoms with E-state index in [1.807, 2.05) is 13.0 Å². The molecule has 2 aromatic rings. The van der Waals surface area contributed by atoms with Gasteiger partial charge in [0.25, 0.3) is 5.91 Å². The number of aromatic amines is 1. The van der Waals surface area contributed by atoms with Crippen LogP contribution in [-0.2, 0) is 0 Å². The van der Waals surface area contributed by atoms with E-state index < -0.39 is 6.10 Å². The Morgan fingerprint density at radius 1 is 1.55 bits per heavy atom. The Labute approximate surface area is 116 Å². The molecule has 2 heterocycles. The number of aliphatic hydroxyl groups excluding tert-OH is 1. The SMILES string of the molecule is CC1CCN(C(=O)c2n[nH]c3ccc(N)cc23)CC1O. The molecule has 4 N–H and O–H groups in total. The molecule has 1 aromatic carbocycles. The number of β-amino-alcohol motifs (C(OH)–C–C–N with tert-alkyl or cyclic N) is 1. The van der Waals surface area contributed by atoms with E-state index in [-0.39, 0.29) is 11.8 Å². The lowest BCUT2D eigenvalue weighted by Gasteiger charge is -2.33. The Morgan fingerprint density at radius 3 is 3.10 bits per heavy atom. The summed E-state index contributed by atoms with van der Waals surface area (Å²) in [4.78, 5) is 14.2. The second-order valence-corrected chi connectivity index (χ2v) is 5.46. The summed E-state index contributed by atoms with van der Waals surface area (Å²) in [5, 5.41) is 17.6. The predicted molar refractivity (Wildman–Crippen MR) is 76.2 cm³/mol. The molecule has 0 saturated carbocycles. The third-order valence-corrected chi connectivity index (χ3v) is 4.00. The Bertz CT molecular complexity index is 652. The van der Waals surface area contributed by atoms with Gasteiger partial charge < -0.3 is 15.7 Å². The van der Waals surface area contributed by atoms with Crippen LogP contribution in [0.25, 0.3) is 10.9 Å². The normalized spacial score (nSPS) is 23.2. The molecule has 106 valence electrons. The smallest absolute Gasteiger partial charge is 0.275 e. The third kappa shape index (κ3) is 2.12. The highest BCUT2D eigenvalue weighted by atomic mass is 16.3. The zero-order valence-corrected chi connectivity index (χ0v) is 11.3. The first-order valence-electron chi connectivity index (χ1n) is 6.77. The summed E-state index contributed by atoms with van der Waals surface area (Å²) in [7, 11) is 0. The molecule has 1 fully saturated rings. The molecule has 0 radical (unpaired) electrons. The van der Waals surface area contributed by atoms with Crippen LogP contribution in [0.5, 0.6) is 0 Å². The van der Waals surface area contributed by atoms with E-state index in [9.17, 15) is 9.90 Å². The van der Waals surface area contributed by atoms with Crippen molar-refractivity contribution in [3.8, 4) is 0 Å². The summed E-state index contributed by atoms with van der Waals surface area (Å²) in [6, 6.07) is 5.32. The van der Waals surface area contributed by atoms with Crippen LogP contribution in [0.3, 0.4) is 0 Å². The van der Waals surface area contributed by atoms with Gasteiger partial charge in [-0.3, -0.25) is 9.89 Å². The standard InChI is InChI=1S/C14H18N4O2/c1-8-4-5-18(7-12(8)19)14(20)13-10-6-9(15)2-3-11(10)16-17-13/h2-3,6,8,12,19H,4-5,7,15H2,1H3,(H,16,17). The topological polar surface area (TPSA) is 95.2 Å². The molecule has 1 aromatic heterocycles. The fraction of sp³-hybridized carbons (Fsp3) is 0.429. The van der Waals surface area contributed by atoms with E-state index in [0.717, 1.165) is 17.3 Å². The van der Waals surface area contributed by atoms with Crippen molar-refractivity contribution in [2.45, 2.75) is 19.4 Å². The Balaban J connectivity index is 1.91. The lowest BCUT2D eigenvalue weighted by atomic mass is 9.96. The minimum atomic E-state index is -0.469. The first-order valence-corrected chi connectivity index (χ1v) is 6.77. The quantitative estimate of drug-likeness (QED) is 0.676. The Hall–Kier alpha value is -2.08. The average Bonchev–Trinajstić information content (AvgIpc) is 2.84. The van der Waals surface area contributed by atoms with Gasteiger partial charge >= 0.3 is 0 Å². The minimum absolute atomic E-state index is 0.159. The van der Waals surface area contributed by atoms with Crippen LogP contribution in [0.15, 0.2) is 18.2 Å². The molecule has 0 aliphatic carbocycles. The van der Waals surface area contributed by atoms with Crippen molar-refractivity contribution in [3.63, 3.8) is 0 Å². The summed E-state index contributed by atoms with van der Waals surface area (Å²) in [6.07, 6.45) is 0.334. The first-order chi connectivity index (χ1) is 9.56. The van der Waals surface area contributed by atoms with Crippen molar-refractivity contribution in [2.24, 2.45) is 5.92 Å². The summed E-state index contributed by atoms with van der Waals surface area (Å²) in [5.41, 5.74) is 7.52. The molecular formula is C14H18N4O2. The van der Waals surface area contributed by atoms with Crippen LogP contribution in [-0.4, -0.2) is 45.3 Å². The molecule has 1 aliphatic heterocycles. The van der Waals surface area contributed by atoms with Gasteiger partial charge in [0, 0.05) is 24.2 Å². The van der Waals surface area contributed by atoms with Gasteiger partial charge in [0.15, 0.2) is 5.69 Å². The fourth-order valence-corrected chi connectivity index (χ4v) is 2.58. The van der Waals surface area contributed by atoms with E-state index in [4.69, 9.17) is 5.73 Å². The highest BCUT2D eigenvalue weighted by molar-refractivity contribution is 6.05. The van der Waals surface area contributed by atoms with Crippen LogP contribution in [0, 0.1) is 5.92 Å². The van der Waals surface area contributed by atoms with Crippen molar-refractivity contribution in [1.82, 2.24) is 15.1 Å². The molecule has 6 nitrogen and oxygen atoms in total. The number of nitrogens with one attached hydrogen (secondary N) is 1. The number of amides is 1. The van der Waals surface area contributed by atoms with Crippen LogP contribution in [0.4, 0.5) is 5.69 Å². The maximum Gasteiger partial charge on any atom is 0.275 e. The molecule has 0 spiro atoms. The molecule has 1 amide bonds. The summed E-state index contributed by atoms with van der Waals surface area (Å²) in [5.74, 6) is 0.0680. The molecule has 2 unspecified atom stereocenters. The average molecular weight is 274 g/mol. The number of carbonyl (C=O) groups excluding carboxylic acids is 1. The van der Waals surface area contributed by atoms with E-state index in [0.29, 0.717) is 24.5 Å². The van der Waals surface area contributed by atoms with Crippen molar-refractivity contribution in [2.75, 3.05) is 18.8 Å². The molecule has 3 rings (SSSR count). The molecule has 20 heavy (non-hydrogen) atoms. The number of carbonyl (C=O) groups is 1. The van der Waals surface area contributed by atoms with Crippen molar-refractivity contribution < 1.29 is 9.90 Å². The number of nitrogens with zero attached hydrogens (tertiary/aromatic N) is 2. The molecule has 6 heteroatoms. The molecule has 0 bridgehead atoms. The van der Waals surface area contributed by atoms with Gasteiger partial charge in [-0.2, -0.15) is 5.10 Å². The number of aliphatic hydroxyl groups is 1. The number of anilines is 1. The van der Waals surface area contributed by atoms with Crippen LogP contribution in [0.2, 0.25) is 0 Å². The van der Waals surface area contributed by atoms with Gasteiger partial charge in [0.05, 0.1) is 11.6 Å². The first kappa shape index (κ1) is 12.9. The van der Waals surface area contributed by atoms with Gasteiger partial charge in [-0.1, -0.05) is 6.92 Å². The molecule has 2 atom stereocenters. The monoisotopic (exact) mass is 274 g/mol. The maximum absolute atomic E-state index is 12.5. The Morgan fingerprint density at radius 2 is 2.35 bits per heavy atom. The summed E-state index contributed by atoms with van der Waals surface area (Å²) in [6.45, 7) is 3.00. The lowest BCUT2D eigenvalue weighted by molar-refractivity contribution is 0.0246. The number of piperidine rings is 1. The minimum Gasteiger partial charge on any atom is -0.399 e. The second kappa shape index (κ2) is 4.79. The van der Waals surface area contributed by atoms with Crippen LogP contribution in [0.1, 0.15) is 23.8 Å². The lowest BCUT2D eigenvalue weighted by Crippen LogP contribution is -2.46. The number of nitrogens with two attached hydrogens (primary N) is 1. The molecule has 1 saturated heterocycles. The van der Waals surface area contributed by atoms with Crippen molar-refractivity contribution in [1.29, 1.82) is 0 Å². The van der Waals surface area contributed by atoms with Crippen molar-refractivity contribution >= 4 is 22.5 Å². The van der Waals surface area contributed by atoms with Crippen LogP contribution >= 0.6 is 0 Å². The number of nitrogen functional groups attached to an aromatic ring is 1. The largest absolute Gasteiger partial charge is 0.399 e. The number of aromatic nitrogens is 2. The Kier molecular flexibility index (Phi) is 3.10. The summed E-state index contributed by atoms with van der Waals surface area (Å²) >= 11 is 0. The number of likely N-dealkylation sites (tertiary alicyclic amines) is 1. The van der Waals surface area contributed by atoms with Crippen LogP contribution < -0.4 is 5.73 Å². The fourth-order valence-electron chi connectivity index (χ4n) is 2.58. The number of hydrogen-bond acceptors (Lipinski definition) is 4. The van der Waals surface area contributed by atoms with E-state index >= 15 is 0 Å². The second-order valence-electron chi connectivity index (χ2n) is 5.46. The van der Waals surface area contributed by atoms with E-state index in [1.54, 1.807) is 17.0 Å². The van der Waals surface area contributed by atoms with E-state index in [1.165, 1.54) is 0 Å². The van der Waals surface area contributed by atoms with Crippen molar-refractivity contribution in [3.05, 3.63) is 23.9 Å². The highest BCUT2D eigenvalue weighted by Gasteiger charge is 2.29.